The number of nitrogens with zero attached hydrogens (tertiary/aromatic N) is 3. The molecule has 3 aromatic rings. The Labute approximate surface area is 157 Å². The Balaban J connectivity index is 2.07. The lowest BCUT2D eigenvalue weighted by Gasteiger charge is -2.12. The molecule has 3 rings (SSSR count). The number of benzene rings is 1. The highest BCUT2D eigenvalue weighted by atomic mass is 19.1. The fourth-order valence-electron chi connectivity index (χ4n) is 2.77. The lowest BCUT2D eigenvalue weighted by molar-refractivity contribution is 0.405. The van der Waals surface area contributed by atoms with Gasteiger partial charge in [0.05, 0.1) is 5.69 Å². The van der Waals surface area contributed by atoms with Crippen LogP contribution in [0.15, 0.2) is 47.4 Å². The smallest absolute Gasteiger partial charge is 0.322 e. The summed E-state index contributed by atoms with van der Waals surface area (Å²) < 4.78 is 21.3. The molecule has 27 heavy (non-hydrogen) atoms. The van der Waals surface area contributed by atoms with Crippen molar-refractivity contribution in [3.63, 3.8) is 0 Å². The molecule has 0 aliphatic carbocycles. The zero-order valence-electron chi connectivity index (χ0n) is 15.9. The first-order chi connectivity index (χ1) is 12.8. The third-order valence-corrected chi connectivity index (χ3v) is 4.11. The van der Waals surface area contributed by atoms with E-state index in [2.05, 4.69) is 23.8 Å². The average molecular weight is 367 g/mol. The molecular weight excluding hydrogens is 345 g/mol. The number of aryl methyl sites for hydroxylation is 2. The van der Waals surface area contributed by atoms with Gasteiger partial charge in [0.1, 0.15) is 0 Å². The van der Waals surface area contributed by atoms with Gasteiger partial charge in [-0.15, -0.1) is 0 Å². The fraction of sp³-hybridized carbons (Fsp3) is 0.286. The monoisotopic (exact) mass is 367 g/mol. The molecule has 0 aliphatic rings. The number of ether oxygens (including phenoxy) is 1. The molecule has 5 nitrogen and oxygen atoms in total. The largest absolute Gasteiger partial charge is 0.421 e. The summed E-state index contributed by atoms with van der Waals surface area (Å²) in [6.45, 7) is 5.95. The molecule has 0 unspecified atom stereocenters. The van der Waals surface area contributed by atoms with Gasteiger partial charge in [-0.25, -0.2) is 4.39 Å². The maximum atomic E-state index is 14.1. The van der Waals surface area contributed by atoms with E-state index in [0.29, 0.717) is 17.2 Å². The van der Waals surface area contributed by atoms with Crippen molar-refractivity contribution < 1.29 is 9.13 Å². The molecule has 1 aromatic carbocycles. The number of pyridine rings is 1. The van der Waals surface area contributed by atoms with Gasteiger partial charge < -0.3 is 9.30 Å². The standard InChI is InChI=1S/C21H22FN3O2/c1-13(2)10-16-11-18(15-8-9-19(26)25(4)12-15)24-21(23-16)27-20-14(3)6-5-7-17(20)22/h5-9,11-13H,10H2,1-4H3. The Morgan fingerprint density at radius 1 is 1.19 bits per heavy atom. The summed E-state index contributed by atoms with van der Waals surface area (Å²) in [5.74, 6) is 0.0399. The highest BCUT2D eigenvalue weighted by molar-refractivity contribution is 5.58. The van der Waals surface area contributed by atoms with E-state index in [4.69, 9.17) is 4.74 Å². The number of hydrogen-bond acceptors (Lipinski definition) is 4. The molecule has 6 heteroatoms. The molecule has 0 atom stereocenters. The van der Waals surface area contributed by atoms with E-state index >= 15 is 0 Å². The first-order valence-corrected chi connectivity index (χ1v) is 8.81. The maximum Gasteiger partial charge on any atom is 0.322 e. The van der Waals surface area contributed by atoms with Gasteiger partial charge in [-0.1, -0.05) is 26.0 Å². The number of aromatic nitrogens is 3. The van der Waals surface area contributed by atoms with Gasteiger partial charge in [0.2, 0.25) is 5.56 Å². The van der Waals surface area contributed by atoms with E-state index < -0.39 is 5.82 Å². The Morgan fingerprint density at radius 3 is 2.63 bits per heavy atom. The second-order valence-electron chi connectivity index (χ2n) is 6.98. The Morgan fingerprint density at radius 2 is 1.96 bits per heavy atom. The lowest BCUT2D eigenvalue weighted by Crippen LogP contribution is -2.14. The predicted molar refractivity (Wildman–Crippen MR) is 102 cm³/mol. The number of hydrogen-bond donors (Lipinski definition) is 0. The van der Waals surface area contributed by atoms with Crippen molar-refractivity contribution in [1.82, 2.24) is 14.5 Å². The van der Waals surface area contributed by atoms with Crippen LogP contribution in [0.25, 0.3) is 11.3 Å². The molecule has 0 spiro atoms. The van der Waals surface area contributed by atoms with Crippen LogP contribution in [0, 0.1) is 18.7 Å². The van der Waals surface area contributed by atoms with Crippen molar-refractivity contribution in [2.45, 2.75) is 27.2 Å². The second kappa shape index (κ2) is 7.70. The quantitative estimate of drug-likeness (QED) is 0.675. The first-order valence-electron chi connectivity index (χ1n) is 8.81. The molecule has 0 saturated carbocycles. The maximum absolute atomic E-state index is 14.1. The lowest BCUT2D eigenvalue weighted by atomic mass is 10.1. The third kappa shape index (κ3) is 4.39. The van der Waals surface area contributed by atoms with Crippen molar-refractivity contribution in [2.24, 2.45) is 13.0 Å². The van der Waals surface area contributed by atoms with Crippen LogP contribution in [0.5, 0.6) is 11.8 Å². The van der Waals surface area contributed by atoms with Crippen molar-refractivity contribution >= 4 is 0 Å². The topological polar surface area (TPSA) is 57.0 Å². The zero-order valence-corrected chi connectivity index (χ0v) is 15.9. The summed E-state index contributed by atoms with van der Waals surface area (Å²) in [6.07, 6.45) is 2.44. The van der Waals surface area contributed by atoms with Gasteiger partial charge in [0.15, 0.2) is 11.6 Å². The molecule has 0 amide bonds. The zero-order chi connectivity index (χ0) is 19.6. The van der Waals surface area contributed by atoms with E-state index in [1.165, 1.54) is 16.7 Å². The molecule has 0 bridgehead atoms. The van der Waals surface area contributed by atoms with E-state index in [9.17, 15) is 9.18 Å². The van der Waals surface area contributed by atoms with Gasteiger partial charge in [0, 0.05) is 30.6 Å². The van der Waals surface area contributed by atoms with Crippen LogP contribution >= 0.6 is 0 Å². The summed E-state index contributed by atoms with van der Waals surface area (Å²) in [5.41, 5.74) is 2.75. The van der Waals surface area contributed by atoms with Gasteiger partial charge in [-0.2, -0.15) is 9.97 Å². The Hall–Kier alpha value is -3.02. The minimum Gasteiger partial charge on any atom is -0.421 e. The summed E-state index contributed by atoms with van der Waals surface area (Å²) in [6, 6.07) is 9.90. The summed E-state index contributed by atoms with van der Waals surface area (Å²) in [7, 11) is 1.68. The molecule has 0 fully saturated rings. The van der Waals surface area contributed by atoms with E-state index in [1.807, 2.05) is 6.07 Å². The van der Waals surface area contributed by atoms with Gasteiger partial charge in [-0.05, 0) is 43.0 Å². The van der Waals surface area contributed by atoms with Crippen molar-refractivity contribution in [2.75, 3.05) is 0 Å². The third-order valence-electron chi connectivity index (χ3n) is 4.11. The molecule has 0 N–H and O–H groups in total. The summed E-state index contributed by atoms with van der Waals surface area (Å²) in [4.78, 5) is 20.6. The van der Waals surface area contributed by atoms with Crippen LogP contribution in [0.2, 0.25) is 0 Å². The van der Waals surface area contributed by atoms with Gasteiger partial charge >= 0.3 is 6.01 Å². The fourth-order valence-corrected chi connectivity index (χ4v) is 2.77. The number of halogens is 1. The molecular formula is C21H22FN3O2. The van der Waals surface area contributed by atoms with Crippen LogP contribution in [0.3, 0.4) is 0 Å². The van der Waals surface area contributed by atoms with Gasteiger partial charge in [0.25, 0.3) is 0 Å². The second-order valence-corrected chi connectivity index (χ2v) is 6.98. The number of rotatable bonds is 5. The Kier molecular flexibility index (Phi) is 5.35. The van der Waals surface area contributed by atoms with E-state index in [-0.39, 0.29) is 17.3 Å². The highest BCUT2D eigenvalue weighted by Crippen LogP contribution is 2.28. The minimum absolute atomic E-state index is 0.0882. The average Bonchev–Trinajstić information content (AvgIpc) is 2.60. The van der Waals surface area contributed by atoms with Crippen LogP contribution < -0.4 is 10.3 Å². The summed E-state index contributed by atoms with van der Waals surface area (Å²) in [5, 5.41) is 0. The molecule has 140 valence electrons. The normalized spacial score (nSPS) is 11.0. The van der Waals surface area contributed by atoms with Crippen LogP contribution in [-0.2, 0) is 13.5 Å². The SMILES string of the molecule is Cc1cccc(F)c1Oc1nc(CC(C)C)cc(-c2ccc(=O)n(C)c2)n1. The molecule has 2 heterocycles. The number of para-hydroxylation sites is 1. The van der Waals surface area contributed by atoms with Crippen molar-refractivity contribution in [3.05, 3.63) is 70.0 Å². The van der Waals surface area contributed by atoms with Crippen molar-refractivity contribution in [3.8, 4) is 23.0 Å². The Bertz CT molecular complexity index is 1010. The first kappa shape index (κ1) is 18.8. The molecule has 2 aromatic heterocycles. The molecule has 0 radical (unpaired) electrons. The summed E-state index contributed by atoms with van der Waals surface area (Å²) >= 11 is 0. The van der Waals surface area contributed by atoms with E-state index in [0.717, 1.165) is 17.7 Å². The minimum atomic E-state index is -0.462. The van der Waals surface area contributed by atoms with Crippen LogP contribution in [0.4, 0.5) is 4.39 Å². The predicted octanol–water partition coefficient (Wildman–Crippen LogP) is 4.28. The highest BCUT2D eigenvalue weighted by Gasteiger charge is 2.14. The van der Waals surface area contributed by atoms with Crippen molar-refractivity contribution in [1.29, 1.82) is 0 Å². The van der Waals surface area contributed by atoms with Gasteiger partial charge in [-0.3, -0.25) is 4.79 Å². The molecule has 0 saturated heterocycles. The van der Waals surface area contributed by atoms with Crippen LogP contribution in [0.1, 0.15) is 25.1 Å². The molecule has 0 aliphatic heterocycles. The van der Waals surface area contributed by atoms with E-state index in [1.54, 1.807) is 38.4 Å². The van der Waals surface area contributed by atoms with Crippen LogP contribution in [-0.4, -0.2) is 14.5 Å².